The molecule has 3 nitrogen and oxygen atoms in total. The molecule has 3 heteroatoms. The normalized spacial score (nSPS) is 19.7. The number of carbonyl (C=O) groups is 1. The highest BCUT2D eigenvalue weighted by atomic mass is 16.5. The van der Waals surface area contributed by atoms with Crippen molar-refractivity contribution in [2.45, 2.75) is 39.2 Å². The maximum absolute atomic E-state index is 13.2. The molecule has 3 rings (SSSR count). The van der Waals surface area contributed by atoms with Crippen LogP contribution in [0.2, 0.25) is 0 Å². The molecular formula is C19H21NO2. The molecule has 2 heterocycles. The Morgan fingerprint density at radius 2 is 2.00 bits per heavy atom. The van der Waals surface area contributed by atoms with E-state index >= 15 is 0 Å². The first-order valence-corrected chi connectivity index (χ1v) is 7.71. The number of rotatable bonds is 3. The summed E-state index contributed by atoms with van der Waals surface area (Å²) in [5.74, 6) is 0.809. The quantitative estimate of drug-likeness (QED) is 0.777. The molecule has 0 aliphatic carbocycles. The van der Waals surface area contributed by atoms with Crippen LogP contribution in [0.25, 0.3) is 5.69 Å². The molecule has 1 atom stereocenters. The van der Waals surface area contributed by atoms with Crippen molar-refractivity contribution in [3.63, 3.8) is 0 Å². The number of hydrogen-bond acceptors (Lipinski definition) is 2. The number of allylic oxidation sites excluding steroid dienone is 1. The number of hydrogen-bond donors (Lipinski definition) is 0. The van der Waals surface area contributed by atoms with Crippen LogP contribution in [0.5, 0.6) is 5.75 Å². The van der Waals surface area contributed by atoms with E-state index in [9.17, 15) is 4.79 Å². The molecule has 0 fully saturated rings. The van der Waals surface area contributed by atoms with Crippen molar-refractivity contribution in [1.29, 1.82) is 0 Å². The molecule has 0 radical (unpaired) electrons. The summed E-state index contributed by atoms with van der Waals surface area (Å²) in [4.78, 5) is 13.2. The van der Waals surface area contributed by atoms with Crippen molar-refractivity contribution >= 4 is 5.78 Å². The van der Waals surface area contributed by atoms with E-state index in [4.69, 9.17) is 4.74 Å². The van der Waals surface area contributed by atoms with E-state index in [0.29, 0.717) is 18.5 Å². The fraction of sp³-hybridized carbons (Fsp3) is 0.316. The number of carbonyl (C=O) groups excluding carboxylic acids is 1. The lowest BCUT2D eigenvalue weighted by molar-refractivity contribution is 0.0450. The lowest BCUT2D eigenvalue weighted by Crippen LogP contribution is -2.43. The van der Waals surface area contributed by atoms with Crippen LogP contribution in [0.1, 0.15) is 44.1 Å². The zero-order chi connectivity index (χ0) is 15.7. The molecule has 1 aliphatic heterocycles. The summed E-state index contributed by atoms with van der Waals surface area (Å²) in [5.41, 5.74) is 1.97. The first-order chi connectivity index (χ1) is 10.6. The Labute approximate surface area is 131 Å². The van der Waals surface area contributed by atoms with Crippen LogP contribution in [0.4, 0.5) is 0 Å². The van der Waals surface area contributed by atoms with Crippen molar-refractivity contribution in [2.75, 3.05) is 0 Å². The van der Waals surface area contributed by atoms with Gasteiger partial charge in [0.25, 0.3) is 0 Å². The van der Waals surface area contributed by atoms with E-state index in [0.717, 1.165) is 11.4 Å². The van der Waals surface area contributed by atoms with Crippen LogP contribution in [0, 0.1) is 0 Å². The van der Waals surface area contributed by atoms with Crippen LogP contribution in [0.15, 0.2) is 54.2 Å². The second-order valence-electron chi connectivity index (χ2n) is 6.00. The van der Waals surface area contributed by atoms with E-state index in [2.05, 4.69) is 6.08 Å². The first-order valence-electron chi connectivity index (χ1n) is 7.71. The zero-order valence-electron chi connectivity index (χ0n) is 13.3. The summed E-state index contributed by atoms with van der Waals surface area (Å²) in [6, 6.07) is 11.6. The second-order valence-corrected chi connectivity index (χ2v) is 6.00. The van der Waals surface area contributed by atoms with E-state index in [1.807, 2.05) is 67.9 Å². The Hall–Kier alpha value is -2.29. The molecular weight excluding hydrogens is 274 g/mol. The molecule has 1 aromatic carbocycles. The van der Waals surface area contributed by atoms with Gasteiger partial charge >= 0.3 is 0 Å². The van der Waals surface area contributed by atoms with Crippen LogP contribution in [-0.4, -0.2) is 16.0 Å². The van der Waals surface area contributed by atoms with Gasteiger partial charge in [0.05, 0.1) is 11.4 Å². The Morgan fingerprint density at radius 3 is 2.73 bits per heavy atom. The number of para-hydroxylation sites is 2. The highest BCUT2D eigenvalue weighted by Crippen LogP contribution is 2.37. The molecule has 0 N–H and O–H groups in total. The maximum Gasteiger partial charge on any atom is 0.223 e. The van der Waals surface area contributed by atoms with Gasteiger partial charge in [-0.25, -0.2) is 0 Å². The zero-order valence-corrected chi connectivity index (χ0v) is 13.3. The number of Topliss-reactive ketones (excluding diaryl/α,β-unsaturated/α-hetero) is 1. The third-order valence-corrected chi connectivity index (χ3v) is 4.24. The Kier molecular flexibility index (Phi) is 3.65. The molecule has 0 spiro atoms. The van der Waals surface area contributed by atoms with Gasteiger partial charge in [-0.15, -0.1) is 0 Å². The first kappa shape index (κ1) is 14.6. The molecule has 0 amide bonds. The molecule has 0 saturated heterocycles. The summed E-state index contributed by atoms with van der Waals surface area (Å²) in [7, 11) is 0. The topological polar surface area (TPSA) is 31.2 Å². The minimum Gasteiger partial charge on any atom is -0.477 e. The smallest absolute Gasteiger partial charge is 0.223 e. The summed E-state index contributed by atoms with van der Waals surface area (Å²) < 4.78 is 8.21. The van der Waals surface area contributed by atoms with E-state index in [-0.39, 0.29) is 5.78 Å². The number of ketones is 1. The van der Waals surface area contributed by atoms with Crippen molar-refractivity contribution in [2.24, 2.45) is 0 Å². The second kappa shape index (κ2) is 5.48. The van der Waals surface area contributed by atoms with Gasteiger partial charge in [-0.05, 0) is 44.5 Å². The van der Waals surface area contributed by atoms with Crippen LogP contribution in [0.3, 0.4) is 0 Å². The summed E-state index contributed by atoms with van der Waals surface area (Å²) in [6.45, 7) is 6.10. The number of ether oxygens (including phenoxy) is 1. The van der Waals surface area contributed by atoms with Crippen molar-refractivity contribution in [1.82, 2.24) is 4.57 Å². The monoisotopic (exact) mass is 295 g/mol. The van der Waals surface area contributed by atoms with Gasteiger partial charge in [0.15, 0.2) is 5.60 Å². The number of nitrogens with zero attached hydrogens (tertiary/aromatic N) is 1. The largest absolute Gasteiger partial charge is 0.477 e. The van der Waals surface area contributed by atoms with Gasteiger partial charge in [0.2, 0.25) is 5.78 Å². The van der Waals surface area contributed by atoms with E-state index < -0.39 is 5.60 Å². The van der Waals surface area contributed by atoms with Crippen LogP contribution >= 0.6 is 0 Å². The van der Waals surface area contributed by atoms with Gasteiger partial charge in [-0.3, -0.25) is 4.79 Å². The van der Waals surface area contributed by atoms with Crippen molar-refractivity contribution < 1.29 is 9.53 Å². The predicted octanol–water partition coefficient (Wildman–Crippen LogP) is 4.56. The number of aromatic nitrogens is 1. The lowest BCUT2D eigenvalue weighted by Gasteiger charge is -2.30. The standard InChI is InChI=1S/C19H21NO2/c1-4-19(12-11-14(2)3)18(21)16-9-7-13-20(16)15-8-5-6-10-17(15)22-19/h5-11,13H,4,12H2,1-3H3. The highest BCUT2D eigenvalue weighted by molar-refractivity contribution is 6.03. The molecule has 22 heavy (non-hydrogen) atoms. The van der Waals surface area contributed by atoms with E-state index in [1.54, 1.807) is 0 Å². The van der Waals surface area contributed by atoms with Crippen molar-refractivity contribution in [3.8, 4) is 11.4 Å². The van der Waals surface area contributed by atoms with Gasteiger partial charge in [-0.2, -0.15) is 0 Å². The molecule has 1 aromatic heterocycles. The Bertz CT molecular complexity index is 737. The minimum atomic E-state index is -0.833. The van der Waals surface area contributed by atoms with Gasteiger partial charge in [-0.1, -0.05) is 30.7 Å². The SMILES string of the molecule is CCC1(CC=C(C)C)Oc2ccccc2-n2cccc2C1=O. The van der Waals surface area contributed by atoms with Gasteiger partial charge in [0.1, 0.15) is 5.75 Å². The van der Waals surface area contributed by atoms with Gasteiger partial charge < -0.3 is 9.30 Å². The highest BCUT2D eigenvalue weighted by Gasteiger charge is 2.42. The third-order valence-electron chi connectivity index (χ3n) is 4.24. The summed E-state index contributed by atoms with van der Waals surface area (Å²) >= 11 is 0. The summed E-state index contributed by atoms with van der Waals surface area (Å²) in [5, 5.41) is 0. The fourth-order valence-electron chi connectivity index (χ4n) is 2.89. The molecule has 0 bridgehead atoms. The van der Waals surface area contributed by atoms with Crippen LogP contribution < -0.4 is 4.74 Å². The molecule has 1 unspecified atom stereocenters. The Balaban J connectivity index is 2.19. The fourth-order valence-corrected chi connectivity index (χ4v) is 2.89. The van der Waals surface area contributed by atoms with E-state index in [1.165, 1.54) is 5.57 Å². The molecule has 2 aromatic rings. The average molecular weight is 295 g/mol. The van der Waals surface area contributed by atoms with Crippen LogP contribution in [-0.2, 0) is 0 Å². The lowest BCUT2D eigenvalue weighted by atomic mass is 9.88. The maximum atomic E-state index is 13.2. The van der Waals surface area contributed by atoms with Gasteiger partial charge in [0, 0.05) is 12.6 Å². The number of fused-ring (bicyclic) bond motifs is 3. The summed E-state index contributed by atoms with van der Waals surface area (Å²) in [6.07, 6.45) is 5.23. The Morgan fingerprint density at radius 1 is 1.23 bits per heavy atom. The predicted molar refractivity (Wildman–Crippen MR) is 87.8 cm³/mol. The molecule has 1 aliphatic rings. The average Bonchev–Trinajstić information content (AvgIpc) is 2.97. The number of benzene rings is 1. The molecule has 0 saturated carbocycles. The third kappa shape index (κ3) is 2.27. The van der Waals surface area contributed by atoms with Crippen molar-refractivity contribution in [3.05, 3.63) is 59.9 Å². The molecule has 114 valence electrons. The minimum absolute atomic E-state index is 0.0497.